The largest absolute Gasteiger partial charge is 0.399 e. The van der Waals surface area contributed by atoms with Crippen molar-refractivity contribution in [2.75, 3.05) is 31.7 Å². The monoisotopic (exact) mass is 290 g/mol. The van der Waals surface area contributed by atoms with Crippen LogP contribution in [-0.4, -0.2) is 40.3 Å². The number of sulfone groups is 1. The van der Waals surface area contributed by atoms with Gasteiger partial charge in [-0.1, -0.05) is 0 Å². The predicted molar refractivity (Wildman–Crippen MR) is 67.8 cm³/mol. The molecule has 0 saturated heterocycles. The molecule has 1 amide bonds. The average Bonchev–Trinajstić information content (AvgIpc) is 2.27. The number of carbonyl (C=O) groups excluding carboxylic acids is 1. The molecule has 1 rings (SSSR count). The van der Waals surface area contributed by atoms with E-state index < -0.39 is 32.2 Å². The molecule has 0 heterocycles. The number of methoxy groups -OCH3 is 1. The van der Waals surface area contributed by atoms with Crippen molar-refractivity contribution in [1.29, 1.82) is 0 Å². The van der Waals surface area contributed by atoms with Gasteiger partial charge in [0, 0.05) is 19.3 Å². The molecular weight excluding hydrogens is 275 g/mol. The number of amides is 1. The lowest BCUT2D eigenvalue weighted by molar-refractivity contribution is -0.118. The van der Waals surface area contributed by atoms with Gasteiger partial charge in [-0.25, -0.2) is 12.8 Å². The van der Waals surface area contributed by atoms with E-state index in [-0.39, 0.29) is 18.8 Å². The van der Waals surface area contributed by atoms with Crippen LogP contribution in [0.2, 0.25) is 0 Å². The number of halogens is 1. The van der Waals surface area contributed by atoms with E-state index in [4.69, 9.17) is 10.5 Å². The molecule has 0 atom stereocenters. The second-order valence-corrected chi connectivity index (χ2v) is 5.75. The molecule has 0 aliphatic carbocycles. The lowest BCUT2D eigenvalue weighted by atomic mass is 10.3. The minimum Gasteiger partial charge on any atom is -0.399 e. The maximum Gasteiger partial charge on any atom is 0.235 e. The zero-order chi connectivity index (χ0) is 14.5. The first-order valence-electron chi connectivity index (χ1n) is 5.40. The van der Waals surface area contributed by atoms with E-state index in [2.05, 4.69) is 5.32 Å². The van der Waals surface area contributed by atoms with Gasteiger partial charge in [-0.2, -0.15) is 0 Å². The third kappa shape index (κ3) is 4.49. The molecule has 6 nitrogen and oxygen atoms in total. The molecular formula is C11H15FN2O4S. The van der Waals surface area contributed by atoms with Crippen LogP contribution in [0.5, 0.6) is 0 Å². The van der Waals surface area contributed by atoms with Crippen LogP contribution >= 0.6 is 0 Å². The Bertz CT molecular complexity index is 560. The van der Waals surface area contributed by atoms with E-state index in [0.717, 1.165) is 12.1 Å². The number of nitrogens with one attached hydrogen (secondary N) is 1. The maximum atomic E-state index is 13.5. The molecule has 0 fully saturated rings. The van der Waals surface area contributed by atoms with E-state index in [9.17, 15) is 17.6 Å². The number of anilines is 1. The molecule has 0 bridgehead atoms. The Hall–Kier alpha value is -1.67. The van der Waals surface area contributed by atoms with Crippen LogP contribution in [0.1, 0.15) is 0 Å². The van der Waals surface area contributed by atoms with Gasteiger partial charge in [0.15, 0.2) is 9.84 Å². The van der Waals surface area contributed by atoms with Gasteiger partial charge in [-0.05, 0) is 18.2 Å². The zero-order valence-electron chi connectivity index (χ0n) is 10.3. The van der Waals surface area contributed by atoms with Gasteiger partial charge < -0.3 is 15.8 Å². The summed E-state index contributed by atoms with van der Waals surface area (Å²) in [4.78, 5) is 10.9. The Morgan fingerprint density at radius 3 is 2.74 bits per heavy atom. The second kappa shape index (κ2) is 6.48. The van der Waals surface area contributed by atoms with Crippen LogP contribution < -0.4 is 11.1 Å². The third-order valence-electron chi connectivity index (χ3n) is 2.24. The molecule has 8 heteroatoms. The zero-order valence-corrected chi connectivity index (χ0v) is 11.2. The van der Waals surface area contributed by atoms with Gasteiger partial charge in [0.2, 0.25) is 5.91 Å². The van der Waals surface area contributed by atoms with Crippen LogP contribution in [0.25, 0.3) is 0 Å². The molecule has 1 aromatic rings. The SMILES string of the molecule is COCCNC(=O)CS(=O)(=O)c1ccc(N)cc1F. The van der Waals surface area contributed by atoms with E-state index in [1.54, 1.807) is 0 Å². The average molecular weight is 290 g/mol. The van der Waals surface area contributed by atoms with E-state index in [1.165, 1.54) is 13.2 Å². The molecule has 1 aromatic carbocycles. The number of nitrogens with two attached hydrogens (primary N) is 1. The van der Waals surface area contributed by atoms with Crippen LogP contribution in [0.3, 0.4) is 0 Å². The first-order valence-corrected chi connectivity index (χ1v) is 7.05. The highest BCUT2D eigenvalue weighted by molar-refractivity contribution is 7.92. The molecule has 0 radical (unpaired) electrons. The fraction of sp³-hybridized carbons (Fsp3) is 0.364. The molecule has 0 unspecified atom stereocenters. The number of hydrogen-bond acceptors (Lipinski definition) is 5. The first-order chi connectivity index (χ1) is 8.86. The number of nitrogen functional groups attached to an aromatic ring is 1. The van der Waals surface area contributed by atoms with Crippen molar-refractivity contribution >= 4 is 21.4 Å². The van der Waals surface area contributed by atoms with Crippen molar-refractivity contribution in [2.45, 2.75) is 4.90 Å². The van der Waals surface area contributed by atoms with Crippen LogP contribution in [0.15, 0.2) is 23.1 Å². The maximum absolute atomic E-state index is 13.5. The lowest BCUT2D eigenvalue weighted by Crippen LogP contribution is -2.32. The summed E-state index contributed by atoms with van der Waals surface area (Å²) in [5, 5.41) is 2.35. The smallest absolute Gasteiger partial charge is 0.235 e. The van der Waals surface area contributed by atoms with E-state index >= 15 is 0 Å². The standard InChI is InChI=1S/C11H15FN2O4S/c1-18-5-4-14-11(15)7-19(16,17)10-3-2-8(13)6-9(10)12/h2-3,6H,4-5,7,13H2,1H3,(H,14,15). The number of hydrogen-bond donors (Lipinski definition) is 2. The third-order valence-corrected chi connectivity index (χ3v) is 3.88. The summed E-state index contributed by atoms with van der Waals surface area (Å²) in [6, 6.07) is 3.21. The predicted octanol–water partition coefficient (Wildman–Crippen LogP) is -0.0558. The Balaban J connectivity index is 2.78. The Morgan fingerprint density at radius 2 is 2.16 bits per heavy atom. The second-order valence-electron chi connectivity index (χ2n) is 3.79. The minimum atomic E-state index is -4.03. The van der Waals surface area contributed by atoms with Crippen LogP contribution in [0.4, 0.5) is 10.1 Å². The molecule has 106 valence electrons. The van der Waals surface area contributed by atoms with Crippen molar-refractivity contribution in [2.24, 2.45) is 0 Å². The molecule has 0 aromatic heterocycles. The summed E-state index contributed by atoms with van der Waals surface area (Å²) >= 11 is 0. The summed E-state index contributed by atoms with van der Waals surface area (Å²) < 4.78 is 41.9. The fourth-order valence-electron chi connectivity index (χ4n) is 1.36. The summed E-state index contributed by atoms with van der Waals surface area (Å²) in [5.41, 5.74) is 5.44. The summed E-state index contributed by atoms with van der Waals surface area (Å²) in [6.07, 6.45) is 0. The molecule has 19 heavy (non-hydrogen) atoms. The van der Waals surface area contributed by atoms with Crippen molar-refractivity contribution in [3.63, 3.8) is 0 Å². The van der Waals surface area contributed by atoms with Crippen molar-refractivity contribution in [3.8, 4) is 0 Å². The highest BCUT2D eigenvalue weighted by atomic mass is 32.2. The van der Waals surface area contributed by atoms with Gasteiger partial charge >= 0.3 is 0 Å². The highest BCUT2D eigenvalue weighted by Gasteiger charge is 2.22. The van der Waals surface area contributed by atoms with Crippen molar-refractivity contribution < 1.29 is 22.3 Å². The normalized spacial score (nSPS) is 11.3. The fourth-order valence-corrected chi connectivity index (χ4v) is 2.60. The van der Waals surface area contributed by atoms with Gasteiger partial charge in [0.05, 0.1) is 6.61 Å². The lowest BCUT2D eigenvalue weighted by Gasteiger charge is -2.07. The Labute approximate surface area is 110 Å². The molecule has 0 aliphatic rings. The highest BCUT2D eigenvalue weighted by Crippen LogP contribution is 2.18. The summed E-state index contributed by atoms with van der Waals surface area (Å²) in [5.74, 6) is -2.50. The first kappa shape index (κ1) is 15.4. The summed E-state index contributed by atoms with van der Waals surface area (Å²) in [6.45, 7) is 0.455. The summed E-state index contributed by atoms with van der Waals surface area (Å²) in [7, 11) is -2.58. The van der Waals surface area contributed by atoms with Gasteiger partial charge in [-0.3, -0.25) is 4.79 Å². The molecule has 0 spiro atoms. The quantitative estimate of drug-likeness (QED) is 0.565. The Kier molecular flexibility index (Phi) is 5.25. The van der Waals surface area contributed by atoms with Crippen molar-refractivity contribution in [1.82, 2.24) is 5.32 Å². The topological polar surface area (TPSA) is 98.5 Å². The molecule has 3 N–H and O–H groups in total. The number of rotatable bonds is 6. The van der Waals surface area contributed by atoms with E-state index in [1.807, 2.05) is 0 Å². The van der Waals surface area contributed by atoms with Gasteiger partial charge in [0.1, 0.15) is 16.5 Å². The van der Waals surface area contributed by atoms with Crippen LogP contribution in [0, 0.1) is 5.82 Å². The number of benzene rings is 1. The van der Waals surface area contributed by atoms with Crippen molar-refractivity contribution in [3.05, 3.63) is 24.0 Å². The Morgan fingerprint density at radius 1 is 1.47 bits per heavy atom. The molecule has 0 aliphatic heterocycles. The van der Waals surface area contributed by atoms with Gasteiger partial charge in [-0.15, -0.1) is 0 Å². The van der Waals surface area contributed by atoms with Crippen LogP contribution in [-0.2, 0) is 19.4 Å². The minimum absolute atomic E-state index is 0.112. The molecule has 0 saturated carbocycles. The number of ether oxygens (including phenoxy) is 1. The number of carbonyl (C=O) groups is 1. The van der Waals surface area contributed by atoms with E-state index in [0.29, 0.717) is 0 Å². The van der Waals surface area contributed by atoms with Gasteiger partial charge in [0.25, 0.3) is 0 Å².